The molecule has 14 heavy (non-hydrogen) atoms. The predicted octanol–water partition coefficient (Wildman–Crippen LogP) is 1.48. The lowest BCUT2D eigenvalue weighted by atomic mass is 10.1. The van der Waals surface area contributed by atoms with Crippen LogP contribution in [0.25, 0.3) is 0 Å². The van der Waals surface area contributed by atoms with E-state index in [2.05, 4.69) is 5.32 Å². The van der Waals surface area contributed by atoms with Gasteiger partial charge >= 0.3 is 5.97 Å². The number of nitrogens with one attached hydrogen (secondary N) is 1. The molecule has 1 aromatic carbocycles. The first kappa shape index (κ1) is 10.2. The lowest BCUT2D eigenvalue weighted by Gasteiger charge is -2.06. The normalized spacial score (nSPS) is 9.57. The van der Waals surface area contributed by atoms with E-state index in [0.29, 0.717) is 0 Å². The summed E-state index contributed by atoms with van der Waals surface area (Å²) in [6.45, 7) is 1.22. The van der Waals surface area contributed by atoms with Crippen LogP contribution >= 0.6 is 0 Å². The van der Waals surface area contributed by atoms with Crippen molar-refractivity contribution in [2.45, 2.75) is 6.92 Å². The van der Waals surface area contributed by atoms with Crippen LogP contribution in [0.4, 0.5) is 10.1 Å². The predicted molar refractivity (Wildman–Crippen MR) is 47.7 cm³/mol. The third-order valence-electron chi connectivity index (χ3n) is 1.54. The summed E-state index contributed by atoms with van der Waals surface area (Å²) >= 11 is 0. The van der Waals surface area contributed by atoms with Crippen LogP contribution in [0.1, 0.15) is 17.3 Å². The summed E-state index contributed by atoms with van der Waals surface area (Å²) < 4.78 is 13.0. The monoisotopic (exact) mass is 197 g/mol. The van der Waals surface area contributed by atoms with Gasteiger partial charge in [0.1, 0.15) is 11.4 Å². The molecule has 74 valence electrons. The molecule has 0 heterocycles. The standard InChI is InChI=1S/C9H8FNO3/c1-5(12)11-7-4-2-3-6(10)8(7)9(13)14/h2-4H,1H3,(H,11,12)(H,13,14). The lowest BCUT2D eigenvalue weighted by Crippen LogP contribution is -2.12. The van der Waals surface area contributed by atoms with Crippen LogP contribution in [0.2, 0.25) is 0 Å². The molecular formula is C9H8FNO3. The van der Waals surface area contributed by atoms with Crippen LogP contribution in [0.15, 0.2) is 18.2 Å². The zero-order valence-corrected chi connectivity index (χ0v) is 7.37. The number of carboxylic acids is 1. The maximum absolute atomic E-state index is 13.0. The molecule has 0 saturated carbocycles. The van der Waals surface area contributed by atoms with Crippen LogP contribution < -0.4 is 5.32 Å². The molecule has 0 fully saturated rings. The maximum atomic E-state index is 13.0. The van der Waals surface area contributed by atoms with Gasteiger partial charge in [0.15, 0.2) is 0 Å². The van der Waals surface area contributed by atoms with Gasteiger partial charge in [-0.25, -0.2) is 9.18 Å². The van der Waals surface area contributed by atoms with Crippen molar-refractivity contribution in [3.63, 3.8) is 0 Å². The smallest absolute Gasteiger partial charge is 0.340 e. The van der Waals surface area contributed by atoms with Crippen molar-refractivity contribution in [1.82, 2.24) is 0 Å². The average Bonchev–Trinajstić information content (AvgIpc) is 2.01. The van der Waals surface area contributed by atoms with Gasteiger partial charge in [0.25, 0.3) is 0 Å². The van der Waals surface area contributed by atoms with Crippen LogP contribution in [-0.2, 0) is 4.79 Å². The number of benzene rings is 1. The molecule has 0 aromatic heterocycles. The van der Waals surface area contributed by atoms with Crippen molar-refractivity contribution < 1.29 is 19.1 Å². The van der Waals surface area contributed by atoms with Gasteiger partial charge < -0.3 is 10.4 Å². The van der Waals surface area contributed by atoms with Crippen molar-refractivity contribution in [3.05, 3.63) is 29.6 Å². The highest BCUT2D eigenvalue weighted by atomic mass is 19.1. The van der Waals surface area contributed by atoms with Gasteiger partial charge in [0.2, 0.25) is 5.91 Å². The Bertz CT molecular complexity index is 390. The minimum Gasteiger partial charge on any atom is -0.478 e. The molecule has 0 aliphatic heterocycles. The van der Waals surface area contributed by atoms with E-state index < -0.39 is 23.3 Å². The number of anilines is 1. The Morgan fingerprint density at radius 1 is 1.43 bits per heavy atom. The maximum Gasteiger partial charge on any atom is 0.340 e. The second-order valence-corrected chi connectivity index (χ2v) is 2.65. The molecule has 1 rings (SSSR count). The van der Waals surface area contributed by atoms with Crippen molar-refractivity contribution in [2.24, 2.45) is 0 Å². The number of halogens is 1. The lowest BCUT2D eigenvalue weighted by molar-refractivity contribution is -0.114. The van der Waals surface area contributed by atoms with Crippen LogP contribution in [0.5, 0.6) is 0 Å². The number of hydrogen-bond donors (Lipinski definition) is 2. The Balaban J connectivity index is 3.21. The summed E-state index contributed by atoms with van der Waals surface area (Å²) in [5.74, 6) is -2.73. The molecule has 4 nitrogen and oxygen atoms in total. The van der Waals surface area contributed by atoms with E-state index in [1.54, 1.807) is 0 Å². The van der Waals surface area contributed by atoms with Crippen molar-refractivity contribution >= 4 is 17.6 Å². The summed E-state index contributed by atoms with van der Waals surface area (Å²) in [6, 6.07) is 3.68. The minimum atomic E-state index is -1.41. The summed E-state index contributed by atoms with van der Waals surface area (Å²) in [5.41, 5.74) is -0.562. The van der Waals surface area contributed by atoms with Gasteiger partial charge in [0.05, 0.1) is 5.69 Å². The fourth-order valence-corrected chi connectivity index (χ4v) is 1.04. The molecule has 1 aromatic rings. The van der Waals surface area contributed by atoms with Gasteiger partial charge in [-0.05, 0) is 12.1 Å². The topological polar surface area (TPSA) is 66.4 Å². The zero-order chi connectivity index (χ0) is 10.7. The number of hydrogen-bond acceptors (Lipinski definition) is 2. The van der Waals surface area contributed by atoms with E-state index in [1.165, 1.54) is 19.1 Å². The number of carbonyl (C=O) groups is 2. The Morgan fingerprint density at radius 3 is 2.57 bits per heavy atom. The van der Waals surface area contributed by atoms with Gasteiger partial charge in [-0.2, -0.15) is 0 Å². The first-order chi connectivity index (χ1) is 6.52. The second-order valence-electron chi connectivity index (χ2n) is 2.65. The Kier molecular flexibility index (Phi) is 2.81. The van der Waals surface area contributed by atoms with Gasteiger partial charge in [-0.1, -0.05) is 6.07 Å². The molecule has 0 aliphatic rings. The molecule has 2 N–H and O–H groups in total. The van der Waals surface area contributed by atoms with E-state index in [-0.39, 0.29) is 5.69 Å². The summed E-state index contributed by atoms with van der Waals surface area (Å²) in [6.07, 6.45) is 0. The number of rotatable bonds is 2. The van der Waals surface area contributed by atoms with E-state index >= 15 is 0 Å². The second kappa shape index (κ2) is 3.87. The Labute approximate surface area is 79.4 Å². The van der Waals surface area contributed by atoms with Crippen LogP contribution in [0, 0.1) is 5.82 Å². The molecule has 0 atom stereocenters. The largest absolute Gasteiger partial charge is 0.478 e. The van der Waals surface area contributed by atoms with Crippen LogP contribution in [0.3, 0.4) is 0 Å². The van der Waals surface area contributed by atoms with E-state index in [1.807, 2.05) is 0 Å². The number of carbonyl (C=O) groups excluding carboxylic acids is 1. The SMILES string of the molecule is CC(=O)Nc1cccc(F)c1C(=O)O. The van der Waals surface area contributed by atoms with Crippen molar-refractivity contribution in [2.75, 3.05) is 5.32 Å². The molecular weight excluding hydrogens is 189 g/mol. The molecule has 0 saturated heterocycles. The number of aromatic carboxylic acids is 1. The first-order valence-corrected chi connectivity index (χ1v) is 3.81. The molecule has 0 spiro atoms. The fourth-order valence-electron chi connectivity index (χ4n) is 1.04. The summed E-state index contributed by atoms with van der Waals surface area (Å²) in [5, 5.41) is 10.9. The highest BCUT2D eigenvalue weighted by Gasteiger charge is 2.15. The first-order valence-electron chi connectivity index (χ1n) is 3.81. The number of amides is 1. The van der Waals surface area contributed by atoms with E-state index in [9.17, 15) is 14.0 Å². The Hall–Kier alpha value is -1.91. The van der Waals surface area contributed by atoms with Gasteiger partial charge in [-0.15, -0.1) is 0 Å². The molecule has 0 aliphatic carbocycles. The van der Waals surface area contributed by atoms with Gasteiger partial charge in [0, 0.05) is 6.92 Å². The quantitative estimate of drug-likeness (QED) is 0.754. The van der Waals surface area contributed by atoms with Gasteiger partial charge in [-0.3, -0.25) is 4.79 Å². The fraction of sp³-hybridized carbons (Fsp3) is 0.111. The summed E-state index contributed by atoms with van der Waals surface area (Å²) in [7, 11) is 0. The minimum absolute atomic E-state index is 0.0370. The molecule has 0 bridgehead atoms. The third-order valence-corrected chi connectivity index (χ3v) is 1.54. The van der Waals surface area contributed by atoms with Crippen LogP contribution in [-0.4, -0.2) is 17.0 Å². The van der Waals surface area contributed by atoms with Crippen molar-refractivity contribution in [3.8, 4) is 0 Å². The Morgan fingerprint density at radius 2 is 2.07 bits per heavy atom. The average molecular weight is 197 g/mol. The third kappa shape index (κ3) is 2.07. The highest BCUT2D eigenvalue weighted by molar-refractivity contribution is 5.99. The molecule has 1 amide bonds. The highest BCUT2D eigenvalue weighted by Crippen LogP contribution is 2.18. The zero-order valence-electron chi connectivity index (χ0n) is 7.37. The molecule has 5 heteroatoms. The number of carboxylic acid groups (broad SMARTS) is 1. The van der Waals surface area contributed by atoms with Crippen molar-refractivity contribution in [1.29, 1.82) is 0 Å². The molecule has 0 unspecified atom stereocenters. The van der Waals surface area contributed by atoms with E-state index in [4.69, 9.17) is 5.11 Å². The molecule has 0 radical (unpaired) electrons. The van der Waals surface area contributed by atoms with E-state index in [0.717, 1.165) is 6.07 Å². The summed E-state index contributed by atoms with van der Waals surface area (Å²) in [4.78, 5) is 21.3.